The van der Waals surface area contributed by atoms with Gasteiger partial charge in [0.2, 0.25) is 0 Å². The van der Waals surface area contributed by atoms with Crippen molar-refractivity contribution in [2.75, 3.05) is 13.1 Å². The summed E-state index contributed by atoms with van der Waals surface area (Å²) in [5, 5.41) is 7.62. The summed E-state index contributed by atoms with van der Waals surface area (Å²) in [6.45, 7) is 9.89. The van der Waals surface area contributed by atoms with Crippen LogP contribution in [0.4, 0.5) is 0 Å². The highest BCUT2D eigenvalue weighted by atomic mass is 16.5. The number of rotatable bonds is 4. The van der Waals surface area contributed by atoms with Crippen molar-refractivity contribution in [1.82, 2.24) is 15.4 Å². The van der Waals surface area contributed by atoms with Gasteiger partial charge < -0.3 is 9.84 Å². The van der Waals surface area contributed by atoms with Gasteiger partial charge in [0, 0.05) is 37.8 Å². The lowest BCUT2D eigenvalue weighted by molar-refractivity contribution is 0.122. The minimum absolute atomic E-state index is 0.565. The van der Waals surface area contributed by atoms with Crippen LogP contribution in [0.2, 0.25) is 0 Å². The van der Waals surface area contributed by atoms with Crippen LogP contribution in [0.1, 0.15) is 32.9 Å². The molecule has 0 bridgehead atoms. The molecule has 1 aliphatic heterocycles. The fourth-order valence-corrected chi connectivity index (χ4v) is 2.47. The molecule has 2 unspecified atom stereocenters. The van der Waals surface area contributed by atoms with Gasteiger partial charge in [-0.1, -0.05) is 19.0 Å². The largest absolute Gasteiger partial charge is 0.364 e. The second-order valence-electron chi connectivity index (χ2n) is 5.50. The summed E-state index contributed by atoms with van der Waals surface area (Å²) in [4.78, 5) is 2.49. The van der Waals surface area contributed by atoms with E-state index in [1.807, 2.05) is 6.07 Å². The van der Waals surface area contributed by atoms with Crippen molar-refractivity contribution >= 4 is 0 Å². The number of hydrogen-bond donors (Lipinski definition) is 1. The Morgan fingerprint density at radius 2 is 2.41 bits per heavy atom. The summed E-state index contributed by atoms with van der Waals surface area (Å²) < 4.78 is 4.89. The van der Waals surface area contributed by atoms with Crippen molar-refractivity contribution in [2.45, 2.75) is 45.8 Å². The molecule has 1 N–H and O–H groups in total. The molecule has 0 aliphatic carbocycles. The first kappa shape index (κ1) is 12.6. The minimum Gasteiger partial charge on any atom is -0.364 e. The van der Waals surface area contributed by atoms with Crippen molar-refractivity contribution in [1.29, 1.82) is 0 Å². The molecule has 0 amide bonds. The van der Waals surface area contributed by atoms with Crippen LogP contribution in [0, 0.1) is 5.92 Å². The number of aromatic nitrogens is 1. The van der Waals surface area contributed by atoms with E-state index < -0.39 is 0 Å². The van der Waals surface area contributed by atoms with E-state index in [9.17, 15) is 0 Å². The third-order valence-corrected chi connectivity index (χ3v) is 3.39. The Labute approximate surface area is 103 Å². The van der Waals surface area contributed by atoms with Crippen LogP contribution in [0.3, 0.4) is 0 Å². The van der Waals surface area contributed by atoms with Gasteiger partial charge >= 0.3 is 0 Å². The van der Waals surface area contributed by atoms with Crippen molar-refractivity contribution in [3.63, 3.8) is 0 Å². The van der Waals surface area contributed by atoms with Crippen LogP contribution in [0.15, 0.2) is 16.9 Å². The monoisotopic (exact) mass is 237 g/mol. The smallest absolute Gasteiger partial charge is 0.124 e. The fraction of sp³-hybridized carbons (Fsp3) is 0.769. The second kappa shape index (κ2) is 5.65. The maximum absolute atomic E-state index is 4.89. The third kappa shape index (κ3) is 3.54. The van der Waals surface area contributed by atoms with Crippen LogP contribution in [-0.4, -0.2) is 35.2 Å². The Bertz CT molecular complexity index is 323. The first-order chi connectivity index (χ1) is 8.15. The van der Waals surface area contributed by atoms with Gasteiger partial charge in [-0.25, -0.2) is 0 Å². The zero-order valence-electron chi connectivity index (χ0n) is 11.0. The lowest BCUT2D eigenvalue weighted by Gasteiger charge is -2.39. The SMILES string of the molecule is CC(C)CC1CN(Cc2ccon2)C(C)CN1. The Morgan fingerprint density at radius 3 is 3.06 bits per heavy atom. The topological polar surface area (TPSA) is 41.3 Å². The van der Waals surface area contributed by atoms with Gasteiger partial charge in [-0.05, 0) is 19.3 Å². The van der Waals surface area contributed by atoms with Gasteiger partial charge in [0.25, 0.3) is 0 Å². The van der Waals surface area contributed by atoms with Gasteiger partial charge in [0.05, 0.1) is 5.69 Å². The van der Waals surface area contributed by atoms with Crippen molar-refractivity contribution < 1.29 is 4.52 Å². The van der Waals surface area contributed by atoms with Crippen LogP contribution >= 0.6 is 0 Å². The molecule has 1 aromatic rings. The lowest BCUT2D eigenvalue weighted by Crippen LogP contribution is -2.55. The summed E-state index contributed by atoms with van der Waals surface area (Å²) in [5.74, 6) is 0.745. The predicted molar refractivity (Wildman–Crippen MR) is 67.6 cm³/mol. The van der Waals surface area contributed by atoms with Crippen LogP contribution < -0.4 is 5.32 Å². The number of nitrogens with zero attached hydrogens (tertiary/aromatic N) is 2. The number of hydrogen-bond acceptors (Lipinski definition) is 4. The van der Waals surface area contributed by atoms with Crippen LogP contribution in [-0.2, 0) is 6.54 Å². The Balaban J connectivity index is 1.90. The first-order valence-electron chi connectivity index (χ1n) is 6.52. The molecular weight excluding hydrogens is 214 g/mol. The number of piperazine rings is 1. The summed E-state index contributed by atoms with van der Waals surface area (Å²) >= 11 is 0. The quantitative estimate of drug-likeness (QED) is 0.868. The lowest BCUT2D eigenvalue weighted by atomic mass is 10.00. The third-order valence-electron chi connectivity index (χ3n) is 3.39. The van der Waals surface area contributed by atoms with Gasteiger partial charge in [0.15, 0.2) is 0 Å². The Morgan fingerprint density at radius 1 is 1.59 bits per heavy atom. The Kier molecular flexibility index (Phi) is 4.18. The van der Waals surface area contributed by atoms with Crippen LogP contribution in [0.25, 0.3) is 0 Å². The zero-order valence-corrected chi connectivity index (χ0v) is 11.0. The normalized spacial score (nSPS) is 26.6. The molecule has 2 heterocycles. The molecule has 1 saturated heterocycles. The van der Waals surface area contributed by atoms with Gasteiger partial charge in [-0.2, -0.15) is 0 Å². The van der Waals surface area contributed by atoms with E-state index >= 15 is 0 Å². The van der Waals surface area contributed by atoms with Gasteiger partial charge in [0.1, 0.15) is 6.26 Å². The molecule has 0 saturated carbocycles. The predicted octanol–water partition coefficient (Wildman–Crippen LogP) is 1.88. The van der Waals surface area contributed by atoms with Gasteiger partial charge in [-0.15, -0.1) is 0 Å². The average molecular weight is 237 g/mol. The highest BCUT2D eigenvalue weighted by Gasteiger charge is 2.25. The molecule has 2 rings (SSSR count). The molecule has 0 aromatic carbocycles. The standard InChI is InChI=1S/C13H23N3O/c1-10(2)6-13-9-16(11(3)7-14-13)8-12-4-5-17-15-12/h4-5,10-11,13-14H,6-9H2,1-3H3. The molecule has 1 fully saturated rings. The van der Waals surface area contributed by atoms with Crippen molar-refractivity contribution in [3.05, 3.63) is 18.0 Å². The van der Waals surface area contributed by atoms with E-state index in [1.54, 1.807) is 6.26 Å². The Hall–Kier alpha value is -0.870. The summed E-state index contributed by atoms with van der Waals surface area (Å²) in [7, 11) is 0. The molecule has 0 spiro atoms. The molecule has 96 valence electrons. The van der Waals surface area contributed by atoms with E-state index in [4.69, 9.17) is 4.52 Å². The second-order valence-corrected chi connectivity index (χ2v) is 5.50. The van der Waals surface area contributed by atoms with E-state index in [2.05, 4.69) is 36.1 Å². The molecule has 4 heteroatoms. The minimum atomic E-state index is 0.565. The molecule has 0 radical (unpaired) electrons. The van der Waals surface area contributed by atoms with E-state index in [0.717, 1.165) is 31.2 Å². The first-order valence-corrected chi connectivity index (χ1v) is 6.52. The summed E-state index contributed by atoms with van der Waals surface area (Å²) in [6.07, 6.45) is 2.88. The van der Waals surface area contributed by atoms with Crippen LogP contribution in [0.5, 0.6) is 0 Å². The van der Waals surface area contributed by atoms with Crippen molar-refractivity contribution in [3.8, 4) is 0 Å². The zero-order chi connectivity index (χ0) is 12.3. The van der Waals surface area contributed by atoms with Crippen molar-refractivity contribution in [2.24, 2.45) is 5.92 Å². The average Bonchev–Trinajstić information content (AvgIpc) is 2.75. The summed E-state index contributed by atoms with van der Waals surface area (Å²) in [5.41, 5.74) is 1.03. The maximum Gasteiger partial charge on any atom is 0.124 e. The highest BCUT2D eigenvalue weighted by Crippen LogP contribution is 2.15. The summed E-state index contributed by atoms with van der Waals surface area (Å²) in [6, 6.07) is 3.12. The molecule has 2 atom stereocenters. The molecular formula is C13H23N3O. The highest BCUT2D eigenvalue weighted by molar-refractivity contribution is 4.97. The van der Waals surface area contributed by atoms with E-state index in [1.165, 1.54) is 6.42 Å². The van der Waals surface area contributed by atoms with E-state index in [0.29, 0.717) is 12.1 Å². The molecule has 17 heavy (non-hydrogen) atoms. The maximum atomic E-state index is 4.89. The molecule has 4 nitrogen and oxygen atoms in total. The molecule has 1 aliphatic rings. The van der Waals surface area contributed by atoms with Gasteiger partial charge in [-0.3, -0.25) is 4.90 Å². The number of nitrogens with one attached hydrogen (secondary N) is 1. The molecule has 1 aromatic heterocycles. The fourth-order valence-electron chi connectivity index (χ4n) is 2.47. The van der Waals surface area contributed by atoms with E-state index in [-0.39, 0.29) is 0 Å².